The number of carbonyl (C=O) groups is 1. The van der Waals surface area contributed by atoms with Crippen molar-refractivity contribution in [2.75, 3.05) is 4.90 Å². The van der Waals surface area contributed by atoms with Gasteiger partial charge in [0, 0.05) is 24.5 Å². The summed E-state index contributed by atoms with van der Waals surface area (Å²) in [6.45, 7) is 0.163. The first-order chi connectivity index (χ1) is 15.4. The smallest absolute Gasteiger partial charge is 0.272 e. The summed E-state index contributed by atoms with van der Waals surface area (Å²) in [5.41, 5.74) is 8.37. The summed E-state index contributed by atoms with van der Waals surface area (Å²) in [6.07, 6.45) is 3.17. The van der Waals surface area contributed by atoms with Crippen LogP contribution in [0.3, 0.4) is 0 Å². The maximum Gasteiger partial charge on any atom is 0.272 e. The number of nitrogens with one attached hydrogen (secondary N) is 1. The van der Waals surface area contributed by atoms with Crippen molar-refractivity contribution in [2.24, 2.45) is 12.8 Å². The molecule has 0 saturated heterocycles. The van der Waals surface area contributed by atoms with E-state index >= 15 is 0 Å². The van der Waals surface area contributed by atoms with Crippen molar-refractivity contribution in [3.8, 4) is 11.1 Å². The number of benzene rings is 2. The maximum atomic E-state index is 14.2. The van der Waals surface area contributed by atoms with Crippen LogP contribution in [-0.2, 0) is 23.8 Å². The summed E-state index contributed by atoms with van der Waals surface area (Å²) in [6, 6.07) is 9.88. The van der Waals surface area contributed by atoms with Gasteiger partial charge in [0.15, 0.2) is 0 Å². The van der Waals surface area contributed by atoms with E-state index < -0.39 is 11.2 Å². The first-order valence-corrected chi connectivity index (χ1v) is 10.3. The molecule has 0 radical (unpaired) electrons. The van der Waals surface area contributed by atoms with Crippen molar-refractivity contribution in [1.82, 2.24) is 20.0 Å². The molecule has 1 aliphatic heterocycles. The van der Waals surface area contributed by atoms with Crippen LogP contribution in [0.15, 0.2) is 47.4 Å². The van der Waals surface area contributed by atoms with Crippen molar-refractivity contribution in [1.29, 1.82) is 0 Å². The highest BCUT2D eigenvalue weighted by Gasteiger charge is 2.60. The van der Waals surface area contributed by atoms with Gasteiger partial charge >= 0.3 is 0 Å². The van der Waals surface area contributed by atoms with Crippen LogP contribution in [0.2, 0.25) is 0 Å². The number of nitrogens with two attached hydrogens (primary N) is 1. The lowest BCUT2D eigenvalue weighted by molar-refractivity contribution is -0.119. The number of aryl methyl sites for hydroxylation is 1. The van der Waals surface area contributed by atoms with Crippen molar-refractivity contribution in [2.45, 2.75) is 24.8 Å². The van der Waals surface area contributed by atoms with E-state index in [2.05, 4.69) is 15.3 Å². The Labute approximate surface area is 193 Å². The van der Waals surface area contributed by atoms with Gasteiger partial charge in [-0.1, -0.05) is 12.1 Å². The quantitative estimate of drug-likeness (QED) is 0.482. The Kier molecular flexibility index (Phi) is 4.66. The van der Waals surface area contributed by atoms with Gasteiger partial charge in [-0.25, -0.2) is 9.49 Å². The predicted octanol–water partition coefficient (Wildman–Crippen LogP) is 3.05. The first kappa shape index (κ1) is 21.3. The third-order valence-corrected chi connectivity index (χ3v) is 6.57. The Balaban J connectivity index is 0.00000228. The number of halogens is 2. The van der Waals surface area contributed by atoms with Crippen LogP contribution in [0, 0.1) is 5.82 Å². The molecule has 1 saturated carbocycles. The van der Waals surface area contributed by atoms with Crippen LogP contribution in [0.1, 0.15) is 24.1 Å². The number of H-pyrrole nitrogens is 1. The zero-order valence-corrected chi connectivity index (χ0v) is 18.4. The number of fused-ring (bicyclic) bond motifs is 3. The second kappa shape index (κ2) is 7.23. The number of aromatic amines is 1. The van der Waals surface area contributed by atoms with E-state index in [4.69, 9.17) is 5.73 Å². The maximum absolute atomic E-state index is 14.2. The average molecular weight is 467 g/mol. The third-order valence-electron chi connectivity index (χ3n) is 6.57. The molecule has 0 unspecified atom stereocenters. The lowest BCUT2D eigenvalue weighted by Gasteiger charge is -2.20. The number of carbonyl (C=O) groups excluding carboxylic acids is 1. The summed E-state index contributed by atoms with van der Waals surface area (Å²) in [5, 5.41) is 12.0. The summed E-state index contributed by atoms with van der Waals surface area (Å²) < 4.78 is 15.8. The van der Waals surface area contributed by atoms with Crippen molar-refractivity contribution < 1.29 is 9.18 Å². The van der Waals surface area contributed by atoms with Crippen LogP contribution in [0.5, 0.6) is 0 Å². The fourth-order valence-corrected chi connectivity index (χ4v) is 4.79. The van der Waals surface area contributed by atoms with Crippen LogP contribution >= 0.6 is 12.4 Å². The Morgan fingerprint density at radius 2 is 1.94 bits per heavy atom. The van der Waals surface area contributed by atoms with Gasteiger partial charge in [0.2, 0.25) is 5.91 Å². The molecule has 168 valence electrons. The van der Waals surface area contributed by atoms with E-state index in [-0.39, 0.29) is 30.4 Å². The molecular formula is C23H20ClFN6O2. The molecule has 2 aromatic carbocycles. The Morgan fingerprint density at radius 3 is 2.67 bits per heavy atom. The van der Waals surface area contributed by atoms with Crippen molar-refractivity contribution in [3.05, 3.63) is 70.0 Å². The molecule has 4 aromatic rings. The van der Waals surface area contributed by atoms with Crippen molar-refractivity contribution in [3.63, 3.8) is 0 Å². The SMILES string of the molecule is Cl.Cn1ncc(-c2ccc3c(=O)[nH]nc(CN)c3c2)c1N1C(=O)C2(CC2)c2ccc(F)cc21. The minimum atomic E-state index is -0.572. The summed E-state index contributed by atoms with van der Waals surface area (Å²) >= 11 is 0. The normalized spacial score (nSPS) is 15.7. The van der Waals surface area contributed by atoms with E-state index in [1.165, 1.54) is 12.1 Å². The fourth-order valence-electron chi connectivity index (χ4n) is 4.79. The summed E-state index contributed by atoms with van der Waals surface area (Å²) in [4.78, 5) is 27.3. The second-order valence-corrected chi connectivity index (χ2v) is 8.35. The molecule has 2 aliphatic rings. The van der Waals surface area contributed by atoms with Gasteiger partial charge in [-0.3, -0.25) is 19.2 Å². The summed E-state index contributed by atoms with van der Waals surface area (Å²) in [7, 11) is 1.75. The van der Waals surface area contributed by atoms with E-state index in [0.29, 0.717) is 33.5 Å². The van der Waals surface area contributed by atoms with Gasteiger partial charge in [-0.05, 0) is 48.2 Å². The summed E-state index contributed by atoms with van der Waals surface area (Å²) in [5.74, 6) is 0.0909. The average Bonchev–Trinajstić information content (AvgIpc) is 3.46. The second-order valence-electron chi connectivity index (χ2n) is 8.35. The Bertz CT molecular complexity index is 1510. The van der Waals surface area contributed by atoms with Gasteiger partial charge < -0.3 is 5.73 Å². The van der Waals surface area contributed by atoms with E-state index in [0.717, 1.165) is 24.0 Å². The monoisotopic (exact) mass is 466 g/mol. The molecule has 8 nitrogen and oxygen atoms in total. The lowest BCUT2D eigenvalue weighted by atomic mass is 9.98. The lowest BCUT2D eigenvalue weighted by Crippen LogP contribution is -2.29. The first-order valence-electron chi connectivity index (χ1n) is 10.3. The minimum absolute atomic E-state index is 0. The fraction of sp³-hybridized carbons (Fsp3) is 0.217. The largest absolute Gasteiger partial charge is 0.325 e. The van der Waals surface area contributed by atoms with Crippen LogP contribution in [-0.4, -0.2) is 25.9 Å². The standard InChI is InChI=1S/C23H19FN6O2.ClH/c1-29-21(30-19-9-13(24)3-5-17(19)23(6-7-23)22(30)32)16(11-26-29)12-2-4-14-15(8-12)18(10-25)27-28-20(14)31;/h2-5,8-9,11H,6-7,10,25H2,1H3,(H,28,31);1H. The van der Waals surface area contributed by atoms with Gasteiger partial charge in [0.1, 0.15) is 11.6 Å². The Morgan fingerprint density at radius 1 is 1.15 bits per heavy atom. The van der Waals surface area contributed by atoms with Gasteiger partial charge in [-0.15, -0.1) is 12.4 Å². The number of rotatable bonds is 3. The third kappa shape index (κ3) is 2.86. The van der Waals surface area contributed by atoms with Gasteiger partial charge in [-0.2, -0.15) is 10.2 Å². The van der Waals surface area contributed by atoms with E-state index in [9.17, 15) is 14.0 Å². The van der Waals surface area contributed by atoms with Crippen LogP contribution in [0.4, 0.5) is 15.9 Å². The Hall–Kier alpha value is -3.56. The minimum Gasteiger partial charge on any atom is -0.325 e. The van der Waals surface area contributed by atoms with E-state index in [1.807, 2.05) is 6.07 Å². The number of anilines is 2. The van der Waals surface area contributed by atoms with Gasteiger partial charge in [0.25, 0.3) is 5.56 Å². The number of hydrogen-bond donors (Lipinski definition) is 2. The molecule has 1 aliphatic carbocycles. The molecule has 6 rings (SSSR count). The molecular weight excluding hydrogens is 447 g/mol. The molecule has 1 amide bonds. The molecule has 10 heteroatoms. The topological polar surface area (TPSA) is 110 Å². The highest BCUT2D eigenvalue weighted by atomic mass is 35.5. The van der Waals surface area contributed by atoms with Gasteiger partial charge in [0.05, 0.1) is 28.4 Å². The molecule has 0 atom stereocenters. The number of aromatic nitrogens is 4. The zero-order valence-electron chi connectivity index (χ0n) is 17.6. The van der Waals surface area contributed by atoms with E-state index in [1.54, 1.807) is 41.0 Å². The predicted molar refractivity (Wildman–Crippen MR) is 124 cm³/mol. The number of nitrogens with zero attached hydrogens (tertiary/aromatic N) is 4. The van der Waals surface area contributed by atoms with Crippen LogP contribution < -0.4 is 16.2 Å². The van der Waals surface area contributed by atoms with Crippen molar-refractivity contribution >= 4 is 40.6 Å². The number of hydrogen-bond acceptors (Lipinski definition) is 5. The molecule has 2 aromatic heterocycles. The molecule has 3 heterocycles. The molecule has 33 heavy (non-hydrogen) atoms. The highest BCUT2D eigenvalue weighted by molar-refractivity contribution is 6.15. The molecule has 1 fully saturated rings. The van der Waals surface area contributed by atoms with Crippen LogP contribution in [0.25, 0.3) is 21.9 Å². The molecule has 0 bridgehead atoms. The zero-order chi connectivity index (χ0) is 22.2. The highest BCUT2D eigenvalue weighted by Crippen LogP contribution is 2.59. The molecule has 1 spiro atoms. The number of amides is 1. The molecule has 3 N–H and O–H groups in total.